The van der Waals surface area contributed by atoms with E-state index >= 15 is 0 Å². The number of rotatable bonds is 2. The number of furan rings is 1. The van der Waals surface area contributed by atoms with E-state index < -0.39 is 5.82 Å². The quantitative estimate of drug-likeness (QED) is 0.911. The molecule has 0 spiro atoms. The lowest BCUT2D eigenvalue weighted by molar-refractivity contribution is 0.0913. The van der Waals surface area contributed by atoms with Crippen molar-refractivity contribution in [2.75, 3.05) is 0 Å². The molecular weight excluding hydrogens is 269 g/mol. The smallest absolute Gasteiger partial charge is 0.254 e. The van der Waals surface area contributed by atoms with Crippen molar-refractivity contribution in [3.05, 3.63) is 59.3 Å². The van der Waals surface area contributed by atoms with Gasteiger partial charge in [-0.15, -0.1) is 0 Å². The molecule has 1 aromatic heterocycles. The summed E-state index contributed by atoms with van der Waals surface area (Å²) in [5.74, 6) is 0.0190. The summed E-state index contributed by atoms with van der Waals surface area (Å²) >= 11 is 0. The van der Waals surface area contributed by atoms with E-state index in [-0.39, 0.29) is 22.9 Å². The van der Waals surface area contributed by atoms with E-state index in [4.69, 9.17) is 4.42 Å². The molecule has 2 aromatic rings. The van der Waals surface area contributed by atoms with Crippen LogP contribution in [0.5, 0.6) is 0 Å². The molecule has 1 amide bonds. The topological polar surface area (TPSA) is 42.2 Å². The molecule has 1 unspecified atom stereocenters. The Labute approximate surface area is 123 Å². The first-order chi connectivity index (χ1) is 9.96. The maximum absolute atomic E-state index is 13.7. The summed E-state index contributed by atoms with van der Waals surface area (Å²) in [6.45, 7) is 4.28. The van der Waals surface area contributed by atoms with Gasteiger partial charge in [0.2, 0.25) is 0 Å². The van der Waals surface area contributed by atoms with Crippen LogP contribution >= 0.6 is 0 Å². The molecule has 0 fully saturated rings. The fourth-order valence-electron chi connectivity index (χ4n) is 2.98. The third kappa shape index (κ3) is 2.71. The number of amides is 1. The number of carbonyl (C=O) groups is 1. The van der Waals surface area contributed by atoms with Crippen molar-refractivity contribution in [3.8, 4) is 0 Å². The van der Waals surface area contributed by atoms with Crippen molar-refractivity contribution in [1.29, 1.82) is 0 Å². The Morgan fingerprint density at radius 2 is 2.10 bits per heavy atom. The summed E-state index contributed by atoms with van der Waals surface area (Å²) in [7, 11) is 0. The van der Waals surface area contributed by atoms with E-state index in [1.165, 1.54) is 12.1 Å². The highest BCUT2D eigenvalue weighted by atomic mass is 19.1. The number of carbonyl (C=O) groups excluding carboxylic acids is 1. The standard InChI is InChI=1S/C17H18FNO2/c1-17(2)9-14(12-7-8-21-15(12)10-17)19-16(20)11-5-3-4-6-13(11)18/h3-8,14H,9-10H2,1-2H3,(H,19,20). The molecule has 3 nitrogen and oxygen atoms in total. The Bertz CT molecular complexity index is 675. The third-order valence-electron chi connectivity index (χ3n) is 3.97. The lowest BCUT2D eigenvalue weighted by Gasteiger charge is -2.34. The van der Waals surface area contributed by atoms with E-state index in [9.17, 15) is 9.18 Å². The third-order valence-corrected chi connectivity index (χ3v) is 3.97. The van der Waals surface area contributed by atoms with Crippen LogP contribution in [-0.2, 0) is 6.42 Å². The molecule has 1 N–H and O–H groups in total. The fraction of sp³-hybridized carbons (Fsp3) is 0.353. The molecule has 110 valence electrons. The minimum atomic E-state index is -0.502. The van der Waals surface area contributed by atoms with Crippen LogP contribution < -0.4 is 5.32 Å². The van der Waals surface area contributed by atoms with Gasteiger partial charge in [0.05, 0.1) is 17.9 Å². The maximum Gasteiger partial charge on any atom is 0.254 e. The maximum atomic E-state index is 13.7. The van der Waals surface area contributed by atoms with Crippen LogP contribution in [0.3, 0.4) is 0 Å². The Balaban J connectivity index is 1.86. The van der Waals surface area contributed by atoms with E-state index in [0.29, 0.717) is 0 Å². The number of halogens is 1. The number of nitrogens with one attached hydrogen (secondary N) is 1. The zero-order valence-electron chi connectivity index (χ0n) is 12.2. The Kier molecular flexibility index (Phi) is 3.32. The predicted molar refractivity (Wildman–Crippen MR) is 77.4 cm³/mol. The Hall–Kier alpha value is -2.10. The first-order valence-corrected chi connectivity index (χ1v) is 7.08. The second-order valence-electron chi connectivity index (χ2n) is 6.35. The van der Waals surface area contributed by atoms with Crippen LogP contribution in [-0.4, -0.2) is 5.91 Å². The first-order valence-electron chi connectivity index (χ1n) is 7.08. The van der Waals surface area contributed by atoms with Crippen LogP contribution in [0, 0.1) is 11.2 Å². The average molecular weight is 287 g/mol. The second kappa shape index (κ2) is 5.02. The van der Waals surface area contributed by atoms with Gasteiger partial charge in [-0.3, -0.25) is 4.79 Å². The first kappa shape index (κ1) is 13.9. The highest BCUT2D eigenvalue weighted by Gasteiger charge is 2.35. The van der Waals surface area contributed by atoms with Gasteiger partial charge in [-0.25, -0.2) is 4.39 Å². The van der Waals surface area contributed by atoms with Crippen LogP contribution in [0.4, 0.5) is 4.39 Å². The number of hydrogen-bond donors (Lipinski definition) is 1. The summed E-state index contributed by atoms with van der Waals surface area (Å²) in [5, 5.41) is 2.93. The lowest BCUT2D eigenvalue weighted by Crippen LogP contribution is -2.36. The normalized spacial score (nSPS) is 19.9. The fourth-order valence-corrected chi connectivity index (χ4v) is 2.98. The van der Waals surface area contributed by atoms with Gasteiger partial charge in [-0.1, -0.05) is 26.0 Å². The summed E-state index contributed by atoms with van der Waals surface area (Å²) < 4.78 is 19.2. The van der Waals surface area contributed by atoms with Crippen molar-refractivity contribution in [2.24, 2.45) is 5.41 Å². The average Bonchev–Trinajstić information content (AvgIpc) is 2.85. The van der Waals surface area contributed by atoms with E-state index in [1.807, 2.05) is 6.07 Å². The molecule has 0 radical (unpaired) electrons. The minimum absolute atomic E-state index is 0.0397. The molecule has 3 rings (SSSR count). The van der Waals surface area contributed by atoms with Crippen LogP contribution in [0.2, 0.25) is 0 Å². The minimum Gasteiger partial charge on any atom is -0.469 e. The van der Waals surface area contributed by atoms with Crippen LogP contribution in [0.15, 0.2) is 41.0 Å². The summed E-state index contributed by atoms with van der Waals surface area (Å²) in [6, 6.07) is 7.76. The largest absolute Gasteiger partial charge is 0.469 e. The predicted octanol–water partition coefficient (Wildman–Crippen LogP) is 3.86. The zero-order valence-corrected chi connectivity index (χ0v) is 12.2. The van der Waals surface area contributed by atoms with Crippen molar-refractivity contribution in [3.63, 3.8) is 0 Å². The molecule has 0 aliphatic heterocycles. The Morgan fingerprint density at radius 3 is 2.86 bits per heavy atom. The molecule has 1 aliphatic rings. The highest BCUT2D eigenvalue weighted by molar-refractivity contribution is 5.94. The molecule has 0 saturated carbocycles. The van der Waals surface area contributed by atoms with Gasteiger partial charge in [-0.2, -0.15) is 0 Å². The van der Waals surface area contributed by atoms with Gasteiger partial charge in [0.15, 0.2) is 0 Å². The van der Waals surface area contributed by atoms with Crippen LogP contribution in [0.1, 0.15) is 48.0 Å². The molecular formula is C17H18FNO2. The number of benzene rings is 1. The molecule has 0 saturated heterocycles. The zero-order chi connectivity index (χ0) is 15.0. The monoisotopic (exact) mass is 287 g/mol. The Morgan fingerprint density at radius 1 is 1.33 bits per heavy atom. The molecule has 1 heterocycles. The van der Waals surface area contributed by atoms with Crippen LogP contribution in [0.25, 0.3) is 0 Å². The van der Waals surface area contributed by atoms with Gasteiger partial charge < -0.3 is 9.73 Å². The molecule has 0 bridgehead atoms. The second-order valence-corrected chi connectivity index (χ2v) is 6.35. The van der Waals surface area contributed by atoms with Gasteiger partial charge in [0, 0.05) is 12.0 Å². The number of fused-ring (bicyclic) bond motifs is 1. The lowest BCUT2D eigenvalue weighted by atomic mass is 9.74. The van der Waals surface area contributed by atoms with Crippen molar-refractivity contribution < 1.29 is 13.6 Å². The molecule has 1 aromatic carbocycles. The summed E-state index contributed by atoms with van der Waals surface area (Å²) in [6.07, 6.45) is 3.30. The van der Waals surface area contributed by atoms with E-state index in [2.05, 4.69) is 19.2 Å². The van der Waals surface area contributed by atoms with Gasteiger partial charge >= 0.3 is 0 Å². The van der Waals surface area contributed by atoms with Gasteiger partial charge in [0.1, 0.15) is 11.6 Å². The van der Waals surface area contributed by atoms with Crippen molar-refractivity contribution >= 4 is 5.91 Å². The van der Waals surface area contributed by atoms with Crippen molar-refractivity contribution in [1.82, 2.24) is 5.32 Å². The van der Waals surface area contributed by atoms with Crippen molar-refractivity contribution in [2.45, 2.75) is 32.7 Å². The SMILES string of the molecule is CC1(C)Cc2occc2C(NC(=O)c2ccccc2F)C1. The molecule has 4 heteroatoms. The number of hydrogen-bond acceptors (Lipinski definition) is 2. The molecule has 1 aliphatic carbocycles. The van der Waals surface area contributed by atoms with E-state index in [1.54, 1.807) is 18.4 Å². The van der Waals surface area contributed by atoms with E-state index in [0.717, 1.165) is 24.2 Å². The van der Waals surface area contributed by atoms with Gasteiger partial charge in [-0.05, 0) is 30.0 Å². The summed E-state index contributed by atoms with van der Waals surface area (Å²) in [4.78, 5) is 12.3. The molecule has 1 atom stereocenters. The van der Waals surface area contributed by atoms with Gasteiger partial charge in [0.25, 0.3) is 5.91 Å². The molecule has 21 heavy (non-hydrogen) atoms. The summed E-state index contributed by atoms with van der Waals surface area (Å²) in [5.41, 5.74) is 1.11. The highest BCUT2D eigenvalue weighted by Crippen LogP contribution is 2.41.